The van der Waals surface area contributed by atoms with E-state index in [2.05, 4.69) is 6.58 Å². The van der Waals surface area contributed by atoms with Gasteiger partial charge in [0.15, 0.2) is 24.6 Å². The minimum atomic E-state index is -1.05. The zero-order valence-electron chi connectivity index (χ0n) is 14.4. The molecule has 0 unspecified atom stereocenters. The van der Waals surface area contributed by atoms with E-state index in [0.29, 0.717) is 12.8 Å². The molecule has 0 aliphatic carbocycles. The van der Waals surface area contributed by atoms with Gasteiger partial charge in [0.1, 0.15) is 6.10 Å². The van der Waals surface area contributed by atoms with Crippen molar-refractivity contribution in [1.82, 2.24) is 0 Å². The van der Waals surface area contributed by atoms with E-state index in [9.17, 15) is 14.4 Å². The Kier molecular flexibility index (Phi) is 7.87. The van der Waals surface area contributed by atoms with Gasteiger partial charge in [-0.3, -0.25) is 14.4 Å². The summed E-state index contributed by atoms with van der Waals surface area (Å²) in [6, 6.07) is 0. The number of allylic oxidation sites excluding steroid dienone is 1. The minimum absolute atomic E-state index is 0.464. The third-order valence-electron chi connectivity index (χ3n) is 3.38. The lowest BCUT2D eigenvalue weighted by Crippen LogP contribution is -2.61. The number of carbonyl (C=O) groups is 3. The first kappa shape index (κ1) is 20.1. The van der Waals surface area contributed by atoms with Gasteiger partial charge >= 0.3 is 17.9 Å². The molecule has 0 bridgehead atoms. The summed E-state index contributed by atoms with van der Waals surface area (Å²) in [6.45, 7) is 7.30. The van der Waals surface area contributed by atoms with Crippen molar-refractivity contribution in [1.29, 1.82) is 0 Å². The van der Waals surface area contributed by atoms with Crippen LogP contribution >= 0.6 is 0 Å². The van der Waals surface area contributed by atoms with Gasteiger partial charge in [-0.1, -0.05) is 6.08 Å². The minimum Gasteiger partial charge on any atom is -0.456 e. The van der Waals surface area contributed by atoms with E-state index in [1.165, 1.54) is 27.9 Å². The molecule has 1 aliphatic heterocycles. The number of hydrogen-bond acceptors (Lipinski definition) is 8. The molecular formula is C16H24O8. The van der Waals surface area contributed by atoms with E-state index >= 15 is 0 Å². The van der Waals surface area contributed by atoms with E-state index in [0.717, 1.165) is 0 Å². The van der Waals surface area contributed by atoms with Gasteiger partial charge in [-0.05, 0) is 12.8 Å². The molecule has 1 fully saturated rings. The molecule has 0 aromatic heterocycles. The van der Waals surface area contributed by atoms with Crippen molar-refractivity contribution in [2.24, 2.45) is 0 Å². The molecule has 0 aromatic rings. The third kappa shape index (κ3) is 5.61. The molecule has 1 saturated heterocycles. The van der Waals surface area contributed by atoms with Crippen molar-refractivity contribution < 1.29 is 38.1 Å². The molecule has 1 heterocycles. The molecule has 0 radical (unpaired) electrons. The van der Waals surface area contributed by atoms with Gasteiger partial charge in [0.05, 0.1) is 0 Å². The SMILES string of the molecule is C=CCC[C@H]1O[C@H](OC)[C@H](OC(C)=O)[C@@H](OC(C)=O)[C@@H]1OC(C)=O. The van der Waals surface area contributed by atoms with Crippen LogP contribution in [-0.4, -0.2) is 55.7 Å². The van der Waals surface area contributed by atoms with Gasteiger partial charge in [-0.2, -0.15) is 0 Å². The number of esters is 3. The molecule has 5 atom stereocenters. The summed E-state index contributed by atoms with van der Waals surface area (Å²) in [5, 5.41) is 0. The van der Waals surface area contributed by atoms with Crippen molar-refractivity contribution >= 4 is 17.9 Å². The zero-order chi connectivity index (χ0) is 18.3. The average Bonchev–Trinajstić information content (AvgIpc) is 2.48. The molecule has 24 heavy (non-hydrogen) atoms. The Morgan fingerprint density at radius 2 is 1.46 bits per heavy atom. The van der Waals surface area contributed by atoms with Gasteiger partial charge in [-0.25, -0.2) is 0 Å². The van der Waals surface area contributed by atoms with Crippen LogP contribution < -0.4 is 0 Å². The Hall–Kier alpha value is -1.93. The first-order valence-corrected chi connectivity index (χ1v) is 7.61. The molecule has 0 N–H and O–H groups in total. The summed E-state index contributed by atoms with van der Waals surface area (Å²) in [4.78, 5) is 34.3. The fourth-order valence-electron chi connectivity index (χ4n) is 2.56. The third-order valence-corrected chi connectivity index (χ3v) is 3.38. The Morgan fingerprint density at radius 1 is 0.958 bits per heavy atom. The lowest BCUT2D eigenvalue weighted by Gasteiger charge is -2.44. The number of ether oxygens (including phenoxy) is 5. The van der Waals surface area contributed by atoms with E-state index in [1.54, 1.807) is 6.08 Å². The summed E-state index contributed by atoms with van der Waals surface area (Å²) in [5.41, 5.74) is 0. The molecular weight excluding hydrogens is 320 g/mol. The maximum absolute atomic E-state index is 11.5. The number of methoxy groups -OCH3 is 1. The molecule has 0 spiro atoms. The molecule has 8 heteroatoms. The van der Waals surface area contributed by atoms with E-state index < -0.39 is 48.6 Å². The van der Waals surface area contributed by atoms with Crippen molar-refractivity contribution in [2.75, 3.05) is 7.11 Å². The largest absolute Gasteiger partial charge is 0.456 e. The van der Waals surface area contributed by atoms with Crippen LogP contribution in [0.2, 0.25) is 0 Å². The monoisotopic (exact) mass is 344 g/mol. The molecule has 8 nitrogen and oxygen atoms in total. The Morgan fingerprint density at radius 3 is 1.92 bits per heavy atom. The predicted molar refractivity (Wildman–Crippen MR) is 81.8 cm³/mol. The van der Waals surface area contributed by atoms with Crippen molar-refractivity contribution in [3.05, 3.63) is 12.7 Å². The Labute approximate surface area is 141 Å². The molecule has 0 saturated carbocycles. The van der Waals surface area contributed by atoms with Crippen molar-refractivity contribution in [3.8, 4) is 0 Å². The fraction of sp³-hybridized carbons (Fsp3) is 0.688. The van der Waals surface area contributed by atoms with Crippen LogP contribution in [0.25, 0.3) is 0 Å². The van der Waals surface area contributed by atoms with Gasteiger partial charge in [0.2, 0.25) is 0 Å². The lowest BCUT2D eigenvalue weighted by atomic mass is 9.95. The summed E-state index contributed by atoms with van der Waals surface area (Å²) >= 11 is 0. The number of rotatable bonds is 7. The lowest BCUT2D eigenvalue weighted by molar-refractivity contribution is -0.298. The van der Waals surface area contributed by atoms with Crippen molar-refractivity contribution in [2.45, 2.75) is 64.3 Å². The standard InChI is InChI=1S/C16H24O8/c1-6-7-8-12-13(21-9(2)17)14(22-10(3)18)15(23-11(4)19)16(20-5)24-12/h6,12-16H,1,7-8H2,2-5H3/t12-,13-,14+,15-,16+/m1/s1. The molecule has 1 rings (SSSR count). The van der Waals surface area contributed by atoms with Crippen LogP contribution in [-0.2, 0) is 38.1 Å². The normalized spacial score (nSPS) is 29.4. The van der Waals surface area contributed by atoms with Gasteiger partial charge in [0.25, 0.3) is 0 Å². The first-order chi connectivity index (χ1) is 11.3. The van der Waals surface area contributed by atoms with E-state index in [-0.39, 0.29) is 0 Å². The summed E-state index contributed by atoms with van der Waals surface area (Å²) in [6.07, 6.45) is -1.84. The average molecular weight is 344 g/mol. The second-order valence-electron chi connectivity index (χ2n) is 5.37. The maximum atomic E-state index is 11.5. The summed E-state index contributed by atoms with van der Waals surface area (Å²) in [5.74, 6) is -1.77. The van der Waals surface area contributed by atoms with Gasteiger partial charge < -0.3 is 23.7 Å². The first-order valence-electron chi connectivity index (χ1n) is 7.61. The second-order valence-corrected chi connectivity index (χ2v) is 5.37. The highest BCUT2D eigenvalue weighted by Crippen LogP contribution is 2.31. The fourth-order valence-corrected chi connectivity index (χ4v) is 2.56. The molecule has 0 amide bonds. The quantitative estimate of drug-likeness (QED) is 0.385. The molecule has 0 aromatic carbocycles. The van der Waals surface area contributed by atoms with Gasteiger partial charge in [-0.15, -0.1) is 6.58 Å². The highest BCUT2D eigenvalue weighted by atomic mass is 16.7. The molecule has 136 valence electrons. The van der Waals surface area contributed by atoms with Crippen LogP contribution in [0.5, 0.6) is 0 Å². The van der Waals surface area contributed by atoms with Crippen molar-refractivity contribution in [3.63, 3.8) is 0 Å². The van der Waals surface area contributed by atoms with E-state index in [1.807, 2.05) is 0 Å². The number of hydrogen-bond donors (Lipinski definition) is 0. The van der Waals surface area contributed by atoms with Crippen LogP contribution in [0.15, 0.2) is 12.7 Å². The maximum Gasteiger partial charge on any atom is 0.303 e. The van der Waals surface area contributed by atoms with Crippen LogP contribution in [0, 0.1) is 0 Å². The predicted octanol–water partition coefficient (Wildman–Crippen LogP) is 1.12. The smallest absolute Gasteiger partial charge is 0.303 e. The molecule has 1 aliphatic rings. The second kappa shape index (κ2) is 9.39. The highest BCUT2D eigenvalue weighted by Gasteiger charge is 2.51. The van der Waals surface area contributed by atoms with Crippen LogP contribution in [0.3, 0.4) is 0 Å². The van der Waals surface area contributed by atoms with Crippen LogP contribution in [0.4, 0.5) is 0 Å². The summed E-state index contributed by atoms with van der Waals surface area (Å²) < 4.78 is 26.8. The van der Waals surface area contributed by atoms with Crippen LogP contribution in [0.1, 0.15) is 33.6 Å². The number of carbonyl (C=O) groups excluding carboxylic acids is 3. The highest BCUT2D eigenvalue weighted by molar-refractivity contribution is 5.68. The summed E-state index contributed by atoms with van der Waals surface area (Å²) in [7, 11) is 1.38. The van der Waals surface area contributed by atoms with Gasteiger partial charge in [0, 0.05) is 27.9 Å². The topological polar surface area (TPSA) is 97.4 Å². The Bertz CT molecular complexity index is 475. The Balaban J connectivity index is 3.17. The zero-order valence-corrected chi connectivity index (χ0v) is 14.4. The van der Waals surface area contributed by atoms with E-state index in [4.69, 9.17) is 23.7 Å².